The van der Waals surface area contributed by atoms with Crippen LogP contribution in [0.2, 0.25) is 5.02 Å². The molecule has 1 aliphatic rings. The highest BCUT2D eigenvalue weighted by Gasteiger charge is 2.28. The van der Waals surface area contributed by atoms with Crippen LogP contribution in [-0.2, 0) is 9.53 Å². The maximum atomic E-state index is 12.4. The Morgan fingerprint density at radius 1 is 1.15 bits per heavy atom. The molecule has 10 nitrogen and oxygen atoms in total. The zero-order valence-corrected chi connectivity index (χ0v) is 20.4. The van der Waals surface area contributed by atoms with E-state index in [1.165, 1.54) is 13.3 Å². The molecule has 0 radical (unpaired) electrons. The standard InChI is InChI=1S/C22H21BrClN5O5/c1-32-21(31)12-2-6-15(7-3-12)33-18-9-5-14(11-25-18)26-19(30)20-28-29-22(34-20)27-17-8-4-13(23)10-16(17)24/h4-5,8-12,15H,2-3,6-7H2,1H3,(H,26,30)(H,27,29)/t12-,15-. The largest absolute Gasteiger partial charge is 0.474 e. The van der Waals surface area contributed by atoms with Crippen LogP contribution < -0.4 is 15.4 Å². The van der Waals surface area contributed by atoms with Crippen molar-refractivity contribution in [1.29, 1.82) is 0 Å². The first-order valence-electron chi connectivity index (χ1n) is 10.5. The minimum atomic E-state index is -0.584. The van der Waals surface area contributed by atoms with Crippen molar-refractivity contribution in [2.45, 2.75) is 31.8 Å². The number of halogens is 2. The number of methoxy groups -OCH3 is 1. The number of amides is 1. The van der Waals surface area contributed by atoms with Crippen molar-refractivity contribution >= 4 is 56.8 Å². The number of ether oxygens (including phenoxy) is 2. The average molecular weight is 551 g/mol. The summed E-state index contributed by atoms with van der Waals surface area (Å²) >= 11 is 9.49. The van der Waals surface area contributed by atoms with Crippen molar-refractivity contribution in [2.24, 2.45) is 5.92 Å². The maximum absolute atomic E-state index is 12.4. The fourth-order valence-electron chi connectivity index (χ4n) is 3.53. The van der Waals surface area contributed by atoms with E-state index in [2.05, 4.69) is 41.7 Å². The third-order valence-corrected chi connectivity index (χ3v) is 6.09. The lowest BCUT2D eigenvalue weighted by molar-refractivity contribution is -0.147. The summed E-state index contributed by atoms with van der Waals surface area (Å²) < 4.78 is 16.9. The lowest BCUT2D eigenvalue weighted by Gasteiger charge is -2.27. The monoisotopic (exact) mass is 549 g/mol. The predicted molar refractivity (Wildman–Crippen MR) is 127 cm³/mol. The molecule has 0 unspecified atom stereocenters. The molecule has 1 aromatic carbocycles. The van der Waals surface area contributed by atoms with E-state index in [4.69, 9.17) is 25.5 Å². The van der Waals surface area contributed by atoms with Crippen LogP contribution in [0.3, 0.4) is 0 Å². The molecular weight excluding hydrogens is 530 g/mol. The Morgan fingerprint density at radius 2 is 1.94 bits per heavy atom. The highest BCUT2D eigenvalue weighted by atomic mass is 79.9. The van der Waals surface area contributed by atoms with E-state index in [1.807, 2.05) is 0 Å². The lowest BCUT2D eigenvalue weighted by Crippen LogP contribution is -2.28. The van der Waals surface area contributed by atoms with E-state index < -0.39 is 5.91 Å². The number of pyridine rings is 1. The Morgan fingerprint density at radius 3 is 2.62 bits per heavy atom. The van der Waals surface area contributed by atoms with Crippen molar-refractivity contribution in [1.82, 2.24) is 15.2 Å². The molecular formula is C22H21BrClN5O5. The number of carbonyl (C=O) groups is 2. The van der Waals surface area contributed by atoms with Crippen molar-refractivity contribution < 1.29 is 23.5 Å². The molecule has 0 atom stereocenters. The molecule has 1 aliphatic carbocycles. The second-order valence-electron chi connectivity index (χ2n) is 7.62. The third-order valence-electron chi connectivity index (χ3n) is 5.28. The molecule has 12 heteroatoms. The number of benzene rings is 1. The van der Waals surface area contributed by atoms with Gasteiger partial charge in [-0.05, 0) is 49.9 Å². The summed E-state index contributed by atoms with van der Waals surface area (Å²) in [4.78, 5) is 28.3. The number of esters is 1. The normalized spacial score (nSPS) is 17.6. The van der Waals surface area contributed by atoms with Gasteiger partial charge in [0.15, 0.2) is 0 Å². The van der Waals surface area contributed by atoms with Gasteiger partial charge < -0.3 is 24.5 Å². The van der Waals surface area contributed by atoms with E-state index in [-0.39, 0.29) is 29.9 Å². The highest BCUT2D eigenvalue weighted by molar-refractivity contribution is 9.10. The van der Waals surface area contributed by atoms with Gasteiger partial charge in [-0.15, -0.1) is 5.10 Å². The average Bonchev–Trinajstić information content (AvgIpc) is 3.31. The summed E-state index contributed by atoms with van der Waals surface area (Å²) in [6.07, 6.45) is 4.40. The van der Waals surface area contributed by atoms with Crippen LogP contribution in [0, 0.1) is 5.92 Å². The lowest BCUT2D eigenvalue weighted by atomic mass is 9.87. The van der Waals surface area contributed by atoms with Gasteiger partial charge in [-0.3, -0.25) is 9.59 Å². The maximum Gasteiger partial charge on any atom is 0.320 e. The number of hydrogen-bond donors (Lipinski definition) is 2. The molecule has 1 fully saturated rings. The second-order valence-corrected chi connectivity index (χ2v) is 8.94. The van der Waals surface area contributed by atoms with Gasteiger partial charge in [0.2, 0.25) is 5.88 Å². The Labute approximate surface area is 208 Å². The third kappa shape index (κ3) is 6.03. The first-order valence-corrected chi connectivity index (χ1v) is 11.7. The molecule has 0 aliphatic heterocycles. The first kappa shape index (κ1) is 24.0. The Kier molecular flexibility index (Phi) is 7.63. The van der Waals surface area contributed by atoms with Crippen LogP contribution in [0.4, 0.5) is 17.4 Å². The Balaban J connectivity index is 1.29. The molecule has 2 aromatic heterocycles. The van der Waals surface area contributed by atoms with Gasteiger partial charge in [0.1, 0.15) is 6.10 Å². The summed E-state index contributed by atoms with van der Waals surface area (Å²) in [5.74, 6) is -0.603. The van der Waals surface area contributed by atoms with Crippen LogP contribution in [0.1, 0.15) is 36.4 Å². The second kappa shape index (κ2) is 10.8. The van der Waals surface area contributed by atoms with Crippen LogP contribution in [0.15, 0.2) is 45.4 Å². The zero-order valence-electron chi connectivity index (χ0n) is 18.1. The summed E-state index contributed by atoms with van der Waals surface area (Å²) in [7, 11) is 1.41. The van der Waals surface area contributed by atoms with Crippen molar-refractivity contribution in [3.05, 3.63) is 51.9 Å². The van der Waals surface area contributed by atoms with Gasteiger partial charge >= 0.3 is 23.8 Å². The quantitative estimate of drug-likeness (QED) is 0.391. The van der Waals surface area contributed by atoms with Gasteiger partial charge in [-0.2, -0.15) is 0 Å². The minimum absolute atomic E-state index is 0.0163. The number of aromatic nitrogens is 3. The molecule has 1 amide bonds. The van der Waals surface area contributed by atoms with Crippen LogP contribution in [0.25, 0.3) is 0 Å². The minimum Gasteiger partial charge on any atom is -0.474 e. The topological polar surface area (TPSA) is 128 Å². The number of hydrogen-bond acceptors (Lipinski definition) is 9. The molecule has 0 saturated heterocycles. The molecule has 34 heavy (non-hydrogen) atoms. The molecule has 4 rings (SSSR count). The van der Waals surface area contributed by atoms with E-state index in [0.717, 1.165) is 30.2 Å². The predicted octanol–water partition coefficient (Wildman–Crippen LogP) is 4.99. The number of rotatable bonds is 7. The zero-order chi connectivity index (χ0) is 24.1. The number of nitrogens with one attached hydrogen (secondary N) is 2. The molecule has 0 spiro atoms. The van der Waals surface area contributed by atoms with Crippen molar-refractivity contribution in [3.8, 4) is 5.88 Å². The van der Waals surface area contributed by atoms with Gasteiger partial charge in [-0.1, -0.05) is 32.6 Å². The molecule has 178 valence electrons. The molecule has 2 N–H and O–H groups in total. The number of anilines is 3. The van der Waals surface area contributed by atoms with Gasteiger partial charge in [0.05, 0.1) is 35.6 Å². The molecule has 0 bridgehead atoms. The van der Waals surface area contributed by atoms with Gasteiger partial charge in [-0.25, -0.2) is 4.98 Å². The van der Waals surface area contributed by atoms with Crippen LogP contribution in [-0.4, -0.2) is 40.3 Å². The number of nitrogens with zero attached hydrogens (tertiary/aromatic N) is 3. The number of carbonyl (C=O) groups excluding carboxylic acids is 2. The van der Waals surface area contributed by atoms with Gasteiger partial charge in [0.25, 0.3) is 0 Å². The fourth-order valence-corrected chi connectivity index (χ4v) is 4.25. The van der Waals surface area contributed by atoms with Crippen molar-refractivity contribution in [2.75, 3.05) is 17.7 Å². The summed E-state index contributed by atoms with van der Waals surface area (Å²) in [6.45, 7) is 0. The smallest absolute Gasteiger partial charge is 0.320 e. The van der Waals surface area contributed by atoms with Crippen LogP contribution >= 0.6 is 27.5 Å². The summed E-state index contributed by atoms with van der Waals surface area (Å²) in [6, 6.07) is 8.60. The summed E-state index contributed by atoms with van der Waals surface area (Å²) in [5.41, 5.74) is 0.995. The van der Waals surface area contributed by atoms with E-state index in [9.17, 15) is 9.59 Å². The van der Waals surface area contributed by atoms with Crippen molar-refractivity contribution in [3.63, 3.8) is 0 Å². The molecule has 3 aromatic rings. The Hall–Kier alpha value is -3.18. The SMILES string of the molecule is COC(=O)[C@H]1CC[C@H](Oc2ccc(NC(=O)c3nnc(Nc4ccc(Br)cc4Cl)o3)cn2)CC1. The van der Waals surface area contributed by atoms with Crippen LogP contribution in [0.5, 0.6) is 5.88 Å². The Bertz CT molecular complexity index is 1160. The molecule has 2 heterocycles. The van der Waals surface area contributed by atoms with E-state index in [0.29, 0.717) is 22.3 Å². The van der Waals surface area contributed by atoms with E-state index >= 15 is 0 Å². The summed E-state index contributed by atoms with van der Waals surface area (Å²) in [5, 5.41) is 13.5. The van der Waals surface area contributed by atoms with E-state index in [1.54, 1.807) is 30.3 Å². The highest BCUT2D eigenvalue weighted by Crippen LogP contribution is 2.29. The first-order chi connectivity index (χ1) is 16.4. The van der Waals surface area contributed by atoms with Gasteiger partial charge in [0, 0.05) is 10.5 Å². The molecule has 1 saturated carbocycles. The fraction of sp³-hybridized carbons (Fsp3) is 0.318.